The minimum absolute atomic E-state index is 0.0770. The highest BCUT2D eigenvalue weighted by Crippen LogP contribution is 2.21. The van der Waals surface area contributed by atoms with E-state index >= 15 is 0 Å². The predicted molar refractivity (Wildman–Crippen MR) is 75.3 cm³/mol. The molecule has 4 nitrogen and oxygen atoms in total. The van der Waals surface area contributed by atoms with E-state index in [9.17, 15) is 9.18 Å². The summed E-state index contributed by atoms with van der Waals surface area (Å²) in [6.45, 7) is 2.51. The number of carboxylic acid groups (broad SMARTS) is 1. The van der Waals surface area contributed by atoms with Crippen molar-refractivity contribution in [2.75, 3.05) is 6.61 Å². The average Bonchev–Trinajstić information content (AvgIpc) is 2.45. The summed E-state index contributed by atoms with van der Waals surface area (Å²) in [6, 6.07) is 10.7. The molecule has 0 bridgehead atoms. The number of ether oxygens (including phenoxy) is 2. The van der Waals surface area contributed by atoms with Crippen molar-refractivity contribution in [3.05, 3.63) is 59.4 Å². The summed E-state index contributed by atoms with van der Waals surface area (Å²) < 4.78 is 24.2. The van der Waals surface area contributed by atoms with E-state index in [0.29, 0.717) is 23.7 Å². The van der Waals surface area contributed by atoms with Crippen LogP contribution in [-0.2, 0) is 6.61 Å². The molecule has 0 unspecified atom stereocenters. The molecule has 0 radical (unpaired) electrons. The van der Waals surface area contributed by atoms with Crippen LogP contribution in [0.5, 0.6) is 11.5 Å². The first kappa shape index (κ1) is 14.8. The Kier molecular flexibility index (Phi) is 4.77. The molecule has 2 rings (SSSR count). The Labute approximate surface area is 121 Å². The van der Waals surface area contributed by atoms with Gasteiger partial charge in [-0.15, -0.1) is 0 Å². The summed E-state index contributed by atoms with van der Waals surface area (Å²) in [5, 5.41) is 8.89. The normalized spacial score (nSPS) is 10.2. The fourth-order valence-electron chi connectivity index (χ4n) is 1.84. The first-order valence-electron chi connectivity index (χ1n) is 6.47. The van der Waals surface area contributed by atoms with Crippen LogP contribution >= 0.6 is 0 Å². The number of halogens is 1. The van der Waals surface area contributed by atoms with Crippen LogP contribution in [-0.4, -0.2) is 17.7 Å². The van der Waals surface area contributed by atoms with E-state index in [1.165, 1.54) is 12.1 Å². The van der Waals surface area contributed by atoms with Gasteiger partial charge in [-0.2, -0.15) is 0 Å². The van der Waals surface area contributed by atoms with Gasteiger partial charge in [-0.25, -0.2) is 9.18 Å². The van der Waals surface area contributed by atoms with Crippen molar-refractivity contribution >= 4 is 5.97 Å². The van der Waals surface area contributed by atoms with E-state index < -0.39 is 11.8 Å². The number of rotatable bonds is 6. The van der Waals surface area contributed by atoms with E-state index in [2.05, 4.69) is 0 Å². The largest absolute Gasteiger partial charge is 0.494 e. The van der Waals surface area contributed by atoms with Crippen LogP contribution in [0, 0.1) is 5.82 Å². The van der Waals surface area contributed by atoms with Gasteiger partial charge < -0.3 is 14.6 Å². The summed E-state index contributed by atoms with van der Waals surface area (Å²) in [7, 11) is 0. The van der Waals surface area contributed by atoms with Gasteiger partial charge in [-0.1, -0.05) is 6.07 Å². The van der Waals surface area contributed by atoms with E-state index in [1.807, 2.05) is 6.92 Å². The molecule has 0 amide bonds. The van der Waals surface area contributed by atoms with Crippen LogP contribution in [0.15, 0.2) is 42.5 Å². The average molecular weight is 290 g/mol. The van der Waals surface area contributed by atoms with Crippen LogP contribution in [0.4, 0.5) is 4.39 Å². The minimum atomic E-state index is -1.17. The number of aromatic carboxylic acids is 1. The number of carbonyl (C=O) groups is 1. The van der Waals surface area contributed by atoms with Gasteiger partial charge in [0.15, 0.2) is 0 Å². The number of hydrogen-bond acceptors (Lipinski definition) is 3. The number of carboxylic acids is 1. The molecule has 2 aromatic carbocycles. The maximum Gasteiger partial charge on any atom is 0.335 e. The molecule has 0 saturated heterocycles. The van der Waals surface area contributed by atoms with E-state index in [4.69, 9.17) is 14.6 Å². The van der Waals surface area contributed by atoms with E-state index in [-0.39, 0.29) is 12.2 Å². The van der Waals surface area contributed by atoms with Gasteiger partial charge in [-0.05, 0) is 42.8 Å². The maximum atomic E-state index is 13.3. The van der Waals surface area contributed by atoms with Crippen LogP contribution in [0.2, 0.25) is 0 Å². The molecule has 5 heteroatoms. The summed E-state index contributed by atoms with van der Waals surface area (Å²) in [4.78, 5) is 10.9. The minimum Gasteiger partial charge on any atom is -0.494 e. The molecule has 0 aliphatic carbocycles. The zero-order valence-corrected chi connectivity index (χ0v) is 11.5. The third-order valence-corrected chi connectivity index (χ3v) is 2.73. The third kappa shape index (κ3) is 4.21. The zero-order chi connectivity index (χ0) is 15.2. The highest BCUT2D eigenvalue weighted by atomic mass is 19.1. The SMILES string of the molecule is CCOc1cccc(OCc2cc(F)cc(C(=O)O)c2)c1. The molecule has 0 atom stereocenters. The Bertz CT molecular complexity index is 640. The molecule has 2 aromatic rings. The number of benzene rings is 2. The zero-order valence-electron chi connectivity index (χ0n) is 11.5. The van der Waals surface area contributed by atoms with Crippen molar-refractivity contribution in [2.24, 2.45) is 0 Å². The standard InChI is InChI=1S/C16H15FO4/c1-2-20-14-4-3-5-15(9-14)21-10-11-6-12(16(18)19)8-13(17)7-11/h3-9H,2,10H2,1H3,(H,18,19). The molecule has 0 aliphatic heterocycles. The van der Waals surface area contributed by atoms with Crippen LogP contribution in [0.1, 0.15) is 22.8 Å². The molecule has 0 spiro atoms. The quantitative estimate of drug-likeness (QED) is 0.884. The van der Waals surface area contributed by atoms with Gasteiger partial charge in [0.1, 0.15) is 23.9 Å². The highest BCUT2D eigenvalue weighted by molar-refractivity contribution is 5.87. The van der Waals surface area contributed by atoms with Crippen LogP contribution in [0.3, 0.4) is 0 Å². The smallest absolute Gasteiger partial charge is 0.335 e. The molecule has 21 heavy (non-hydrogen) atoms. The summed E-state index contributed by atoms with van der Waals surface area (Å²) >= 11 is 0. The van der Waals surface area contributed by atoms with Crippen LogP contribution < -0.4 is 9.47 Å². The first-order chi connectivity index (χ1) is 10.1. The lowest BCUT2D eigenvalue weighted by molar-refractivity contribution is 0.0696. The monoisotopic (exact) mass is 290 g/mol. The van der Waals surface area contributed by atoms with Crippen molar-refractivity contribution in [3.63, 3.8) is 0 Å². The summed E-state index contributed by atoms with van der Waals surface area (Å²) in [5.74, 6) is -0.520. The second-order valence-electron chi connectivity index (χ2n) is 4.35. The third-order valence-electron chi connectivity index (χ3n) is 2.73. The van der Waals surface area contributed by atoms with Gasteiger partial charge in [0, 0.05) is 6.07 Å². The second kappa shape index (κ2) is 6.74. The topological polar surface area (TPSA) is 55.8 Å². The Balaban J connectivity index is 2.09. The lowest BCUT2D eigenvalue weighted by atomic mass is 10.1. The maximum absolute atomic E-state index is 13.3. The van der Waals surface area contributed by atoms with Gasteiger partial charge in [-0.3, -0.25) is 0 Å². The predicted octanol–water partition coefficient (Wildman–Crippen LogP) is 3.50. The summed E-state index contributed by atoms with van der Waals surface area (Å²) in [6.07, 6.45) is 0. The molecular formula is C16H15FO4. The first-order valence-corrected chi connectivity index (χ1v) is 6.47. The second-order valence-corrected chi connectivity index (χ2v) is 4.35. The fourth-order valence-corrected chi connectivity index (χ4v) is 1.84. The van der Waals surface area contributed by atoms with E-state index in [1.54, 1.807) is 24.3 Å². The van der Waals surface area contributed by atoms with Crippen molar-refractivity contribution < 1.29 is 23.8 Å². The lowest BCUT2D eigenvalue weighted by Crippen LogP contribution is -2.02. The van der Waals surface area contributed by atoms with Gasteiger partial charge in [0.2, 0.25) is 0 Å². The van der Waals surface area contributed by atoms with Gasteiger partial charge >= 0.3 is 5.97 Å². The van der Waals surface area contributed by atoms with Gasteiger partial charge in [0.25, 0.3) is 0 Å². The Hall–Kier alpha value is -2.56. The van der Waals surface area contributed by atoms with Crippen LogP contribution in [0.25, 0.3) is 0 Å². The van der Waals surface area contributed by atoms with Gasteiger partial charge in [0.05, 0.1) is 12.2 Å². The molecule has 1 N–H and O–H groups in total. The Morgan fingerprint density at radius 1 is 1.14 bits per heavy atom. The lowest BCUT2D eigenvalue weighted by Gasteiger charge is -2.09. The van der Waals surface area contributed by atoms with E-state index in [0.717, 1.165) is 6.07 Å². The Morgan fingerprint density at radius 2 is 1.86 bits per heavy atom. The Morgan fingerprint density at radius 3 is 2.52 bits per heavy atom. The molecule has 0 aromatic heterocycles. The van der Waals surface area contributed by atoms with Crippen molar-refractivity contribution in [1.29, 1.82) is 0 Å². The molecule has 0 fully saturated rings. The van der Waals surface area contributed by atoms with Crippen molar-refractivity contribution in [2.45, 2.75) is 13.5 Å². The van der Waals surface area contributed by atoms with Crippen molar-refractivity contribution in [1.82, 2.24) is 0 Å². The molecule has 0 saturated carbocycles. The molecular weight excluding hydrogens is 275 g/mol. The fraction of sp³-hybridized carbons (Fsp3) is 0.188. The van der Waals surface area contributed by atoms with Crippen molar-refractivity contribution in [3.8, 4) is 11.5 Å². The molecule has 0 aliphatic rings. The summed E-state index contributed by atoms with van der Waals surface area (Å²) in [5.41, 5.74) is 0.353. The molecule has 110 valence electrons. The number of hydrogen-bond donors (Lipinski definition) is 1. The highest BCUT2D eigenvalue weighted by Gasteiger charge is 2.08. The molecule has 0 heterocycles.